The second-order valence-corrected chi connectivity index (χ2v) is 7.50. The number of rotatable bonds is 4. The van der Waals surface area contributed by atoms with E-state index in [-0.39, 0.29) is 29.4 Å². The lowest BCUT2D eigenvalue weighted by Gasteiger charge is -2.41. The Hall–Kier alpha value is -1.51. The minimum absolute atomic E-state index is 0.0498. The summed E-state index contributed by atoms with van der Waals surface area (Å²) >= 11 is 0. The molecule has 0 aromatic heterocycles. The standard InChI is InChI=1S/C18H25NO2/c1-17(2)13-9-10-18(3,11-13)16(17)21-15(20)12-19-14-7-5-4-6-8-14/h4-8,13,16,19H,9-12H2,1-3H3. The van der Waals surface area contributed by atoms with Gasteiger partial charge < -0.3 is 10.1 Å². The molecule has 0 radical (unpaired) electrons. The minimum Gasteiger partial charge on any atom is -0.460 e. The van der Waals surface area contributed by atoms with Crippen LogP contribution in [0.15, 0.2) is 30.3 Å². The lowest BCUT2D eigenvalue weighted by atomic mass is 9.70. The SMILES string of the molecule is CC12CCC(C1)C(C)(C)C2OC(=O)CNc1ccccc1. The van der Waals surface area contributed by atoms with Crippen molar-refractivity contribution in [3.05, 3.63) is 30.3 Å². The van der Waals surface area contributed by atoms with Crippen LogP contribution in [0.4, 0.5) is 5.69 Å². The van der Waals surface area contributed by atoms with Crippen molar-refractivity contribution in [2.75, 3.05) is 11.9 Å². The van der Waals surface area contributed by atoms with Gasteiger partial charge in [-0.15, -0.1) is 0 Å². The van der Waals surface area contributed by atoms with Crippen LogP contribution in [0.5, 0.6) is 0 Å². The van der Waals surface area contributed by atoms with E-state index in [0.29, 0.717) is 5.92 Å². The Balaban J connectivity index is 1.60. The fourth-order valence-electron chi connectivity index (χ4n) is 4.45. The molecular weight excluding hydrogens is 262 g/mol. The van der Waals surface area contributed by atoms with Gasteiger partial charge in [-0.25, -0.2) is 0 Å². The number of carbonyl (C=O) groups is 1. The molecule has 0 spiro atoms. The summed E-state index contributed by atoms with van der Waals surface area (Å²) in [6.45, 7) is 7.02. The van der Waals surface area contributed by atoms with Gasteiger partial charge in [0.1, 0.15) is 12.6 Å². The van der Waals surface area contributed by atoms with Gasteiger partial charge in [-0.3, -0.25) is 4.79 Å². The molecule has 2 fully saturated rings. The van der Waals surface area contributed by atoms with E-state index in [2.05, 4.69) is 26.1 Å². The topological polar surface area (TPSA) is 38.3 Å². The molecule has 3 atom stereocenters. The number of para-hydroxylation sites is 1. The molecule has 0 aliphatic heterocycles. The Kier molecular flexibility index (Phi) is 3.46. The van der Waals surface area contributed by atoms with E-state index in [1.54, 1.807) is 0 Å². The molecule has 114 valence electrons. The Morgan fingerprint density at radius 1 is 1.29 bits per heavy atom. The normalized spacial score (nSPS) is 32.9. The predicted octanol–water partition coefficient (Wildman–Crippen LogP) is 3.86. The minimum atomic E-state index is -0.147. The van der Waals surface area contributed by atoms with Crippen LogP contribution in [0.1, 0.15) is 40.0 Å². The molecule has 0 saturated heterocycles. The molecule has 21 heavy (non-hydrogen) atoms. The lowest BCUT2D eigenvalue weighted by Crippen LogP contribution is -2.44. The molecule has 2 bridgehead atoms. The molecule has 3 unspecified atom stereocenters. The van der Waals surface area contributed by atoms with Crippen molar-refractivity contribution < 1.29 is 9.53 Å². The molecule has 0 heterocycles. The highest BCUT2D eigenvalue weighted by molar-refractivity contribution is 5.75. The first kappa shape index (κ1) is 14.4. The van der Waals surface area contributed by atoms with Gasteiger partial charge in [0.25, 0.3) is 0 Å². The van der Waals surface area contributed by atoms with Crippen LogP contribution in [0.25, 0.3) is 0 Å². The third-order valence-corrected chi connectivity index (χ3v) is 5.60. The number of nitrogens with one attached hydrogen (secondary N) is 1. The highest BCUT2D eigenvalue weighted by atomic mass is 16.5. The van der Waals surface area contributed by atoms with Gasteiger partial charge in [0.05, 0.1) is 0 Å². The lowest BCUT2D eigenvalue weighted by molar-refractivity contribution is -0.162. The summed E-state index contributed by atoms with van der Waals surface area (Å²) in [5.41, 5.74) is 1.24. The van der Waals surface area contributed by atoms with Crippen molar-refractivity contribution in [1.29, 1.82) is 0 Å². The zero-order valence-electron chi connectivity index (χ0n) is 13.2. The van der Waals surface area contributed by atoms with Crippen molar-refractivity contribution in [2.45, 2.75) is 46.1 Å². The predicted molar refractivity (Wildman–Crippen MR) is 84.0 cm³/mol. The molecule has 2 saturated carbocycles. The van der Waals surface area contributed by atoms with Crippen LogP contribution >= 0.6 is 0 Å². The van der Waals surface area contributed by atoms with Crippen molar-refractivity contribution in [3.8, 4) is 0 Å². The van der Waals surface area contributed by atoms with Crippen LogP contribution in [0, 0.1) is 16.7 Å². The molecule has 1 aromatic rings. The van der Waals surface area contributed by atoms with Crippen molar-refractivity contribution in [2.24, 2.45) is 16.7 Å². The molecule has 1 aromatic carbocycles. The zero-order chi connectivity index (χ0) is 15.1. The van der Waals surface area contributed by atoms with Gasteiger partial charge in [-0.2, -0.15) is 0 Å². The van der Waals surface area contributed by atoms with E-state index in [1.807, 2.05) is 30.3 Å². The maximum absolute atomic E-state index is 12.2. The maximum atomic E-state index is 12.2. The summed E-state index contributed by atoms with van der Waals surface area (Å²) < 4.78 is 5.88. The largest absolute Gasteiger partial charge is 0.460 e. The maximum Gasteiger partial charge on any atom is 0.325 e. The third kappa shape index (κ3) is 2.54. The number of anilines is 1. The van der Waals surface area contributed by atoms with Crippen LogP contribution in [0.3, 0.4) is 0 Å². The Bertz CT molecular complexity index is 521. The summed E-state index contributed by atoms with van der Waals surface area (Å²) in [6.07, 6.45) is 3.71. The summed E-state index contributed by atoms with van der Waals surface area (Å²) in [6, 6.07) is 9.77. The van der Waals surface area contributed by atoms with Crippen LogP contribution in [-0.2, 0) is 9.53 Å². The summed E-state index contributed by atoms with van der Waals surface area (Å²) in [5.74, 6) is 0.549. The van der Waals surface area contributed by atoms with Gasteiger partial charge in [-0.05, 0) is 37.3 Å². The quantitative estimate of drug-likeness (QED) is 0.855. The molecule has 3 heteroatoms. The molecule has 3 rings (SSSR count). The van der Waals surface area contributed by atoms with E-state index in [4.69, 9.17) is 4.74 Å². The van der Waals surface area contributed by atoms with Crippen LogP contribution in [0.2, 0.25) is 0 Å². The second-order valence-electron chi connectivity index (χ2n) is 7.50. The highest BCUT2D eigenvalue weighted by Crippen LogP contribution is 2.63. The first-order valence-corrected chi connectivity index (χ1v) is 7.90. The highest BCUT2D eigenvalue weighted by Gasteiger charge is 2.61. The fraction of sp³-hybridized carbons (Fsp3) is 0.611. The van der Waals surface area contributed by atoms with Crippen LogP contribution in [-0.4, -0.2) is 18.6 Å². The number of hydrogen-bond donors (Lipinski definition) is 1. The average molecular weight is 287 g/mol. The monoisotopic (exact) mass is 287 g/mol. The van der Waals surface area contributed by atoms with Gasteiger partial charge in [-0.1, -0.05) is 39.0 Å². The van der Waals surface area contributed by atoms with E-state index in [0.717, 1.165) is 5.69 Å². The Labute approximate surface area is 127 Å². The first-order valence-electron chi connectivity index (χ1n) is 7.90. The molecule has 2 aliphatic carbocycles. The number of hydrogen-bond acceptors (Lipinski definition) is 3. The summed E-state index contributed by atoms with van der Waals surface area (Å²) in [5, 5.41) is 3.13. The zero-order valence-corrected chi connectivity index (χ0v) is 13.2. The molecular formula is C18H25NO2. The van der Waals surface area contributed by atoms with Crippen LogP contribution < -0.4 is 5.32 Å². The Morgan fingerprint density at radius 2 is 2.00 bits per heavy atom. The van der Waals surface area contributed by atoms with E-state index in [9.17, 15) is 4.79 Å². The Morgan fingerprint density at radius 3 is 2.62 bits per heavy atom. The number of carbonyl (C=O) groups excluding carboxylic acids is 1. The number of fused-ring (bicyclic) bond motifs is 2. The van der Waals surface area contributed by atoms with Gasteiger partial charge in [0.2, 0.25) is 0 Å². The van der Waals surface area contributed by atoms with E-state index in [1.165, 1.54) is 19.3 Å². The van der Waals surface area contributed by atoms with E-state index >= 15 is 0 Å². The number of ether oxygens (including phenoxy) is 1. The van der Waals surface area contributed by atoms with Crippen molar-refractivity contribution >= 4 is 11.7 Å². The second kappa shape index (κ2) is 5.04. The summed E-state index contributed by atoms with van der Waals surface area (Å²) in [7, 11) is 0. The molecule has 2 aliphatic rings. The first-order chi connectivity index (χ1) is 9.92. The van der Waals surface area contributed by atoms with E-state index < -0.39 is 0 Å². The van der Waals surface area contributed by atoms with Gasteiger partial charge in [0.15, 0.2) is 0 Å². The molecule has 3 nitrogen and oxygen atoms in total. The smallest absolute Gasteiger partial charge is 0.325 e. The number of esters is 1. The summed E-state index contributed by atoms with van der Waals surface area (Å²) in [4.78, 5) is 12.2. The third-order valence-electron chi connectivity index (χ3n) is 5.60. The fourth-order valence-corrected chi connectivity index (χ4v) is 4.45. The molecule has 1 N–H and O–H groups in total. The van der Waals surface area contributed by atoms with Crippen molar-refractivity contribution in [1.82, 2.24) is 0 Å². The number of benzene rings is 1. The van der Waals surface area contributed by atoms with Gasteiger partial charge in [0, 0.05) is 16.5 Å². The average Bonchev–Trinajstić information content (AvgIpc) is 2.94. The van der Waals surface area contributed by atoms with Crippen molar-refractivity contribution in [3.63, 3.8) is 0 Å². The molecule has 0 amide bonds. The van der Waals surface area contributed by atoms with Gasteiger partial charge >= 0.3 is 5.97 Å².